The molecular weight excluding hydrogens is 242 g/mol. The number of carbonyl (C=O) groups excluding carboxylic acids is 2. The Morgan fingerprint density at radius 1 is 1.32 bits per heavy atom. The Morgan fingerprint density at radius 2 is 2.05 bits per heavy atom. The lowest BCUT2D eigenvalue weighted by Gasteiger charge is -2.24. The van der Waals surface area contributed by atoms with Gasteiger partial charge in [-0.25, -0.2) is 0 Å². The van der Waals surface area contributed by atoms with Gasteiger partial charge in [0.25, 0.3) is 0 Å². The van der Waals surface area contributed by atoms with E-state index in [4.69, 9.17) is 0 Å². The molecule has 2 aliphatic heterocycles. The number of nitrogens with zero attached hydrogens (tertiary/aromatic N) is 1. The Hall–Kier alpha value is -1.10. The summed E-state index contributed by atoms with van der Waals surface area (Å²) in [6.07, 6.45) is 4.23. The van der Waals surface area contributed by atoms with E-state index in [9.17, 15) is 9.59 Å². The molecule has 2 unspecified atom stereocenters. The van der Waals surface area contributed by atoms with Gasteiger partial charge in [0, 0.05) is 24.7 Å². The maximum Gasteiger partial charge on any atom is 0.311 e. The molecule has 0 aromatic rings. The zero-order valence-corrected chi connectivity index (χ0v) is 11.8. The van der Waals surface area contributed by atoms with Crippen LogP contribution >= 0.6 is 0 Å². The fourth-order valence-electron chi connectivity index (χ4n) is 3.34. The molecular formula is C14H23N3O2. The molecule has 5 nitrogen and oxygen atoms in total. The molecule has 0 aromatic heterocycles. The van der Waals surface area contributed by atoms with Crippen LogP contribution in [0, 0.1) is 5.41 Å². The number of nitrogens with one attached hydrogen (secondary N) is 2. The average molecular weight is 265 g/mol. The Morgan fingerprint density at radius 3 is 2.63 bits per heavy atom. The Bertz CT molecular complexity index is 413. The van der Waals surface area contributed by atoms with Crippen LogP contribution in [-0.2, 0) is 9.59 Å². The average Bonchev–Trinajstić information content (AvgIpc) is 2.81. The van der Waals surface area contributed by atoms with Crippen molar-refractivity contribution in [1.29, 1.82) is 0 Å². The van der Waals surface area contributed by atoms with Gasteiger partial charge in [-0.2, -0.15) is 0 Å². The maximum absolute atomic E-state index is 12.1. The molecule has 3 rings (SSSR count). The zero-order valence-electron chi connectivity index (χ0n) is 11.8. The normalized spacial score (nSPS) is 35.7. The second kappa shape index (κ2) is 4.20. The van der Waals surface area contributed by atoms with Gasteiger partial charge in [0.1, 0.15) is 0 Å². The fourth-order valence-corrected chi connectivity index (χ4v) is 3.34. The van der Waals surface area contributed by atoms with Gasteiger partial charge in [-0.1, -0.05) is 13.8 Å². The number of rotatable bonds is 1. The van der Waals surface area contributed by atoms with E-state index in [0.29, 0.717) is 13.1 Å². The van der Waals surface area contributed by atoms with E-state index in [1.165, 1.54) is 6.42 Å². The van der Waals surface area contributed by atoms with Crippen molar-refractivity contribution < 1.29 is 9.59 Å². The summed E-state index contributed by atoms with van der Waals surface area (Å²) < 4.78 is 0. The third kappa shape index (κ3) is 2.36. The highest BCUT2D eigenvalue weighted by molar-refractivity contribution is 6.35. The van der Waals surface area contributed by atoms with Gasteiger partial charge in [-0.15, -0.1) is 0 Å². The highest BCUT2D eigenvalue weighted by atomic mass is 16.2. The number of hydrogen-bond donors (Lipinski definition) is 2. The Labute approximate surface area is 114 Å². The lowest BCUT2D eigenvalue weighted by atomic mass is 9.97. The lowest BCUT2D eigenvalue weighted by Crippen LogP contribution is -2.47. The number of hydrogen-bond acceptors (Lipinski definition) is 3. The van der Waals surface area contributed by atoms with Crippen LogP contribution in [0.4, 0.5) is 0 Å². The van der Waals surface area contributed by atoms with Crippen LogP contribution in [0.25, 0.3) is 0 Å². The van der Waals surface area contributed by atoms with Crippen LogP contribution in [-0.4, -0.2) is 47.9 Å². The molecule has 2 heterocycles. The van der Waals surface area contributed by atoms with Crippen LogP contribution in [0.2, 0.25) is 0 Å². The van der Waals surface area contributed by atoms with Gasteiger partial charge in [0.05, 0.1) is 0 Å². The summed E-state index contributed by atoms with van der Waals surface area (Å²) in [5.41, 5.74) is 0.254. The number of carbonyl (C=O) groups is 2. The standard InChI is InChI=1S/C14H23N3O2/c1-13(2)8-10(13)16-11(18)12(19)17-7-5-14(9-17)4-3-6-15-14/h10,15H,3-9H2,1-2H3,(H,16,18). The van der Waals surface area contributed by atoms with Crippen LogP contribution in [0.3, 0.4) is 0 Å². The van der Waals surface area contributed by atoms with Crippen LogP contribution in [0.15, 0.2) is 0 Å². The van der Waals surface area contributed by atoms with E-state index in [-0.39, 0.29) is 22.9 Å². The zero-order chi connectivity index (χ0) is 13.7. The first-order valence-corrected chi connectivity index (χ1v) is 7.27. The minimum Gasteiger partial charge on any atom is -0.345 e. The maximum atomic E-state index is 12.1. The van der Waals surface area contributed by atoms with E-state index in [1.807, 2.05) is 0 Å². The Kier molecular flexibility index (Phi) is 2.85. The minimum absolute atomic E-state index is 0.0921. The van der Waals surface area contributed by atoms with Crippen LogP contribution in [0.1, 0.15) is 39.5 Å². The minimum atomic E-state index is -0.425. The molecule has 1 spiro atoms. The molecule has 0 bridgehead atoms. The third-order valence-corrected chi connectivity index (χ3v) is 4.99. The summed E-state index contributed by atoms with van der Waals surface area (Å²) in [4.78, 5) is 25.8. The largest absolute Gasteiger partial charge is 0.345 e. The molecule has 3 aliphatic rings. The van der Waals surface area contributed by atoms with Gasteiger partial charge in [0.15, 0.2) is 0 Å². The highest BCUT2D eigenvalue weighted by Gasteiger charge is 2.48. The van der Waals surface area contributed by atoms with E-state index < -0.39 is 5.91 Å². The van der Waals surface area contributed by atoms with E-state index in [2.05, 4.69) is 24.5 Å². The first-order chi connectivity index (χ1) is 8.92. The second-order valence-electron chi connectivity index (χ2n) is 7.01. The summed E-state index contributed by atoms with van der Waals surface area (Å²) >= 11 is 0. The lowest BCUT2D eigenvalue weighted by molar-refractivity contribution is -0.145. The first-order valence-electron chi connectivity index (χ1n) is 7.27. The van der Waals surface area contributed by atoms with Gasteiger partial charge < -0.3 is 15.5 Å². The molecule has 0 aromatic carbocycles. The molecule has 1 saturated carbocycles. The molecule has 5 heteroatoms. The summed E-state index contributed by atoms with van der Waals surface area (Å²) in [5.74, 6) is -0.779. The molecule has 0 radical (unpaired) electrons. The summed E-state index contributed by atoms with van der Waals surface area (Å²) in [5, 5.41) is 6.35. The summed E-state index contributed by atoms with van der Waals surface area (Å²) in [7, 11) is 0. The summed E-state index contributed by atoms with van der Waals surface area (Å²) in [6.45, 7) is 6.64. The van der Waals surface area contributed by atoms with Crippen molar-refractivity contribution in [2.24, 2.45) is 5.41 Å². The van der Waals surface area contributed by atoms with Crippen molar-refractivity contribution in [2.75, 3.05) is 19.6 Å². The van der Waals surface area contributed by atoms with Crippen LogP contribution < -0.4 is 10.6 Å². The van der Waals surface area contributed by atoms with E-state index >= 15 is 0 Å². The Balaban J connectivity index is 1.55. The molecule has 2 saturated heterocycles. The number of likely N-dealkylation sites (tertiary alicyclic amines) is 1. The van der Waals surface area contributed by atoms with Gasteiger partial charge in [-0.3, -0.25) is 9.59 Å². The number of amides is 2. The molecule has 1 aliphatic carbocycles. The predicted octanol–water partition coefficient (Wildman–Crippen LogP) is 0.256. The molecule has 19 heavy (non-hydrogen) atoms. The van der Waals surface area contributed by atoms with E-state index in [1.54, 1.807) is 4.90 Å². The molecule has 2 atom stereocenters. The van der Waals surface area contributed by atoms with Crippen molar-refractivity contribution in [3.05, 3.63) is 0 Å². The predicted molar refractivity (Wildman–Crippen MR) is 71.5 cm³/mol. The van der Waals surface area contributed by atoms with E-state index in [0.717, 1.165) is 25.8 Å². The fraction of sp³-hybridized carbons (Fsp3) is 0.857. The first kappa shape index (κ1) is 12.9. The second-order valence-corrected chi connectivity index (χ2v) is 7.01. The van der Waals surface area contributed by atoms with Crippen molar-refractivity contribution in [3.63, 3.8) is 0 Å². The topological polar surface area (TPSA) is 61.4 Å². The molecule has 3 fully saturated rings. The third-order valence-electron chi connectivity index (χ3n) is 4.99. The quantitative estimate of drug-likeness (QED) is 0.668. The van der Waals surface area contributed by atoms with Crippen LogP contribution in [0.5, 0.6) is 0 Å². The van der Waals surface area contributed by atoms with Crippen molar-refractivity contribution in [3.8, 4) is 0 Å². The van der Waals surface area contributed by atoms with Crippen molar-refractivity contribution in [1.82, 2.24) is 15.5 Å². The highest BCUT2D eigenvalue weighted by Crippen LogP contribution is 2.44. The van der Waals surface area contributed by atoms with Crippen molar-refractivity contribution >= 4 is 11.8 Å². The van der Waals surface area contributed by atoms with Gasteiger partial charge >= 0.3 is 11.8 Å². The molecule has 2 N–H and O–H groups in total. The smallest absolute Gasteiger partial charge is 0.311 e. The monoisotopic (exact) mass is 265 g/mol. The SMILES string of the molecule is CC1(C)CC1NC(=O)C(=O)N1CCC2(CCCN2)C1. The molecule has 106 valence electrons. The summed E-state index contributed by atoms with van der Waals surface area (Å²) in [6, 6.07) is 0.171. The van der Waals surface area contributed by atoms with Gasteiger partial charge in [0.2, 0.25) is 0 Å². The molecule has 2 amide bonds. The van der Waals surface area contributed by atoms with Gasteiger partial charge in [-0.05, 0) is 37.6 Å². The van der Waals surface area contributed by atoms with Crippen molar-refractivity contribution in [2.45, 2.75) is 51.1 Å².